The highest BCUT2D eigenvalue weighted by Crippen LogP contribution is 2.38. The number of hydrogen-bond donors (Lipinski definition) is 4. The number of benzene rings is 4. The summed E-state index contributed by atoms with van der Waals surface area (Å²) in [5.74, 6) is -1.64. The first-order valence-corrected chi connectivity index (χ1v) is 26.5. The van der Waals surface area contributed by atoms with Gasteiger partial charge in [-0.3, -0.25) is 19.4 Å². The van der Waals surface area contributed by atoms with E-state index in [9.17, 15) is 39.6 Å². The first kappa shape index (κ1) is 62.4. The van der Waals surface area contributed by atoms with Crippen LogP contribution in [0.25, 0.3) is 0 Å². The molecule has 4 N–H and O–H groups in total. The number of ether oxygens (including phenoxy) is 2. The van der Waals surface area contributed by atoms with Gasteiger partial charge in [-0.25, -0.2) is 9.59 Å². The second kappa shape index (κ2) is 26.3. The van der Waals surface area contributed by atoms with Gasteiger partial charge in [0.2, 0.25) is 0 Å². The van der Waals surface area contributed by atoms with Crippen molar-refractivity contribution in [2.24, 2.45) is 0 Å². The molecule has 0 saturated heterocycles. The fourth-order valence-corrected chi connectivity index (χ4v) is 8.80. The molecule has 0 aliphatic carbocycles. The fourth-order valence-electron chi connectivity index (χ4n) is 8.80. The third kappa shape index (κ3) is 18.9. The molecule has 2 unspecified atom stereocenters. The number of rotatable bonds is 23. The van der Waals surface area contributed by atoms with Crippen molar-refractivity contribution in [2.45, 2.75) is 209 Å². The van der Waals surface area contributed by atoms with Gasteiger partial charge in [0.15, 0.2) is 0 Å². The molecule has 0 spiro atoms. The van der Waals surface area contributed by atoms with Crippen LogP contribution in [0.2, 0.25) is 0 Å². The van der Waals surface area contributed by atoms with E-state index in [4.69, 9.17) is 29.0 Å². The van der Waals surface area contributed by atoms with Gasteiger partial charge in [0.1, 0.15) is 48.4 Å². The van der Waals surface area contributed by atoms with E-state index < -0.39 is 36.1 Å². The Morgan fingerprint density at radius 2 is 0.605 bits per heavy atom. The molecule has 0 aromatic heterocycles. The lowest BCUT2D eigenvalue weighted by Gasteiger charge is -2.23. The first-order chi connectivity index (χ1) is 35.1. The second-order valence-corrected chi connectivity index (χ2v) is 24.5. The van der Waals surface area contributed by atoms with Crippen LogP contribution in [0, 0.1) is 27.7 Å². The Morgan fingerprint density at radius 3 is 0.829 bits per heavy atom. The third-order valence-electron chi connectivity index (χ3n) is 13.4. The summed E-state index contributed by atoms with van der Waals surface area (Å²) in [6.45, 7) is 30.5. The van der Waals surface area contributed by atoms with Crippen molar-refractivity contribution in [3.05, 3.63) is 115 Å². The molecule has 0 amide bonds. The summed E-state index contributed by atoms with van der Waals surface area (Å²) < 4.78 is 11.4. The molecule has 0 aliphatic heterocycles. The van der Waals surface area contributed by atoms with E-state index in [-0.39, 0.29) is 96.4 Å². The Morgan fingerprint density at radius 1 is 0.382 bits per heavy atom. The van der Waals surface area contributed by atoms with Crippen LogP contribution in [-0.2, 0) is 95.5 Å². The topological polar surface area (TPSA) is 205 Å². The highest BCUT2D eigenvalue weighted by atomic mass is 17.2. The van der Waals surface area contributed by atoms with Crippen LogP contribution in [0.4, 0.5) is 0 Å². The van der Waals surface area contributed by atoms with Crippen LogP contribution in [-0.4, -0.2) is 69.7 Å². The molecule has 0 heterocycles. The Kier molecular flexibility index (Phi) is 21.6. The molecule has 0 aliphatic rings. The maximum absolute atomic E-state index is 13.3. The van der Waals surface area contributed by atoms with Crippen LogP contribution in [0.1, 0.15) is 188 Å². The van der Waals surface area contributed by atoms with Gasteiger partial charge in [-0.15, -0.1) is 0 Å². The molecule has 2 atom stereocenters. The Labute approximate surface area is 451 Å². The van der Waals surface area contributed by atoms with E-state index in [0.717, 1.165) is 44.5 Å². The molecule has 4 aromatic carbocycles. The van der Waals surface area contributed by atoms with E-state index >= 15 is 0 Å². The van der Waals surface area contributed by atoms with Crippen molar-refractivity contribution in [2.75, 3.05) is 13.2 Å². The number of phenolic OH excluding ortho intramolecular Hbond substituents is 4. The van der Waals surface area contributed by atoms with Crippen LogP contribution in [0.15, 0.2) is 48.5 Å². The maximum atomic E-state index is 13.3. The minimum Gasteiger partial charge on any atom is -0.507 e. The van der Waals surface area contributed by atoms with Crippen molar-refractivity contribution in [3.63, 3.8) is 0 Å². The van der Waals surface area contributed by atoms with Crippen LogP contribution < -0.4 is 0 Å². The number of aromatic hydroxyl groups is 4. The van der Waals surface area contributed by atoms with Gasteiger partial charge in [0.25, 0.3) is 0 Å². The normalized spacial score (nSPS) is 13.0. The number of esters is 2. The van der Waals surface area contributed by atoms with Crippen LogP contribution in [0.3, 0.4) is 0 Å². The highest BCUT2D eigenvalue weighted by Gasteiger charge is 2.27. The van der Waals surface area contributed by atoms with E-state index in [0.29, 0.717) is 47.9 Å². The lowest BCUT2D eigenvalue weighted by molar-refractivity contribution is -0.315. The molecule has 0 fully saturated rings. The smallest absolute Gasteiger partial charge is 0.342 e. The number of hydrogen-bond acceptors (Lipinski definition) is 14. The first-order valence-electron chi connectivity index (χ1n) is 26.5. The zero-order valence-corrected chi connectivity index (χ0v) is 48.1. The number of aryl methyl sites for hydroxylation is 8. The quantitative estimate of drug-likeness (QED) is 0.0310. The Bertz CT molecular complexity index is 2310. The number of phenols is 4. The van der Waals surface area contributed by atoms with Gasteiger partial charge >= 0.3 is 23.9 Å². The van der Waals surface area contributed by atoms with E-state index in [1.165, 1.54) is 0 Å². The molecule has 418 valence electrons. The molecule has 4 aromatic rings. The van der Waals surface area contributed by atoms with Crippen molar-refractivity contribution < 1.29 is 68.6 Å². The Balaban J connectivity index is 1.52. The summed E-state index contributed by atoms with van der Waals surface area (Å²) in [7, 11) is 0. The fraction of sp³-hybridized carbons (Fsp3) is 0.548. The zero-order valence-electron chi connectivity index (χ0n) is 48.1. The van der Waals surface area contributed by atoms with E-state index in [1.807, 2.05) is 145 Å². The number of carbonyl (C=O) groups is 4. The minimum atomic E-state index is -1.04. The van der Waals surface area contributed by atoms with Crippen molar-refractivity contribution in [1.29, 1.82) is 0 Å². The number of carbonyl (C=O) groups excluding carboxylic acids is 4. The van der Waals surface area contributed by atoms with E-state index in [1.54, 1.807) is 13.8 Å². The van der Waals surface area contributed by atoms with Crippen molar-refractivity contribution in [3.8, 4) is 23.0 Å². The van der Waals surface area contributed by atoms with Gasteiger partial charge in [-0.05, 0) is 155 Å². The standard InChI is InChI=1S/C62H86O14/c1-37-27-41(31-47(55(37)67)59(5,6)7)17-23-51(63)71-35-45(73-75-53(65)25-19-43-29-39(3)57(69)49(33-43)61(11,12)13)21-22-46(36-72-52(64)24-18-42-28-38(2)56(68)48(32-42)60(8,9)10)74-76-54(66)26-20-44-30-40(4)58(70)50(34-44)62(14,15)16/h27-34,45-46,67-70H,17-26,35-36H2,1-16H3. The SMILES string of the molecule is Cc1cc(CCC(=O)OCC(CCC(COC(=O)CCc2cc(C)c(O)c(C(C)(C)C)c2)OOC(=O)CCc2cc(C)c(O)c(C(C)(C)C)c2)OOC(=O)CCc2cc(C)c(O)c(C(C)(C)C)c2)cc(C(C)(C)C)c1O. The van der Waals surface area contributed by atoms with Gasteiger partial charge in [0.05, 0.1) is 12.8 Å². The van der Waals surface area contributed by atoms with Gasteiger partial charge in [-0.1, -0.05) is 132 Å². The average Bonchev–Trinajstić information content (AvgIpc) is 3.31. The summed E-state index contributed by atoms with van der Waals surface area (Å²) in [5, 5.41) is 42.9. The van der Waals surface area contributed by atoms with Crippen LogP contribution in [0.5, 0.6) is 23.0 Å². The molecule has 0 bridgehead atoms. The maximum Gasteiger partial charge on any atom is 0.342 e. The minimum absolute atomic E-state index is 0.00298. The second-order valence-electron chi connectivity index (χ2n) is 24.5. The average molecular weight is 1060 g/mol. The van der Waals surface area contributed by atoms with Gasteiger partial charge in [-0.2, -0.15) is 9.78 Å². The molecule has 0 saturated carbocycles. The van der Waals surface area contributed by atoms with E-state index in [2.05, 4.69) is 0 Å². The van der Waals surface area contributed by atoms with Crippen molar-refractivity contribution in [1.82, 2.24) is 0 Å². The van der Waals surface area contributed by atoms with Gasteiger partial charge < -0.3 is 29.9 Å². The zero-order chi connectivity index (χ0) is 57.1. The summed E-state index contributed by atoms with van der Waals surface area (Å²) in [6, 6.07) is 14.8. The molecular weight excluding hydrogens is 969 g/mol. The molecule has 76 heavy (non-hydrogen) atoms. The molecule has 14 nitrogen and oxygen atoms in total. The highest BCUT2D eigenvalue weighted by molar-refractivity contribution is 5.71. The molecule has 0 radical (unpaired) electrons. The lowest BCUT2D eigenvalue weighted by Crippen LogP contribution is -2.29. The third-order valence-corrected chi connectivity index (χ3v) is 13.4. The Hall–Kier alpha value is -6.12. The van der Waals surface area contributed by atoms with Crippen LogP contribution >= 0.6 is 0 Å². The monoisotopic (exact) mass is 1050 g/mol. The predicted octanol–water partition coefficient (Wildman–Crippen LogP) is 12.3. The summed E-state index contributed by atoms with van der Waals surface area (Å²) in [5.41, 5.74) is 7.76. The van der Waals surface area contributed by atoms with Crippen molar-refractivity contribution >= 4 is 23.9 Å². The summed E-state index contributed by atoms with van der Waals surface area (Å²) in [6.07, 6.45) is -0.926. The lowest BCUT2D eigenvalue weighted by atomic mass is 9.83. The summed E-state index contributed by atoms with van der Waals surface area (Å²) in [4.78, 5) is 75.1. The largest absolute Gasteiger partial charge is 0.507 e. The predicted molar refractivity (Wildman–Crippen MR) is 293 cm³/mol. The van der Waals surface area contributed by atoms with Gasteiger partial charge in [0, 0.05) is 12.8 Å². The molecule has 4 rings (SSSR count). The molecule has 14 heteroatoms. The molecular formula is C62H86O14. The summed E-state index contributed by atoms with van der Waals surface area (Å²) >= 11 is 0.